The lowest BCUT2D eigenvalue weighted by Crippen LogP contribution is -2.54. The Hall–Kier alpha value is -4.29. The number of aliphatic carboxylic acids is 2. The SMILES string of the molecule is CCn1c(C)nc(=O)n(CCCBr)c1=O.CCn1c(C)nc(=O)n(CCCN2C3CCCC2CC(OCc2ccccc2F)C3)c1=O.O=C(O)C(=O)O. The lowest BCUT2D eigenvalue weighted by molar-refractivity contribution is -0.159. The molecule has 0 radical (unpaired) electrons. The molecule has 3 aromatic rings. The van der Waals surface area contributed by atoms with Crippen molar-refractivity contribution in [3.05, 3.63) is 89.2 Å². The lowest BCUT2D eigenvalue weighted by Gasteiger charge is -2.48. The number of rotatable bonds is 12. The molecule has 1 aromatic carbocycles. The number of alkyl halides is 1. The summed E-state index contributed by atoms with van der Waals surface area (Å²) in [4.78, 5) is 76.7. The van der Waals surface area contributed by atoms with Crippen LogP contribution in [0.3, 0.4) is 0 Å². The highest BCUT2D eigenvalue weighted by atomic mass is 79.9. The van der Waals surface area contributed by atoms with E-state index in [1.165, 1.54) is 30.8 Å². The van der Waals surface area contributed by atoms with E-state index in [0.717, 1.165) is 50.4 Å². The molecule has 0 amide bonds. The Kier molecular flexibility index (Phi) is 16.9. The molecule has 2 aliphatic heterocycles. The Morgan fingerprint density at radius 2 is 1.30 bits per heavy atom. The van der Waals surface area contributed by atoms with Crippen LogP contribution in [0.15, 0.2) is 43.4 Å². The van der Waals surface area contributed by atoms with Crippen LogP contribution < -0.4 is 22.8 Å². The molecule has 4 heterocycles. The van der Waals surface area contributed by atoms with Crippen LogP contribution in [-0.4, -0.2) is 85.4 Å². The number of nitrogens with zero attached hydrogens (tertiary/aromatic N) is 7. The highest BCUT2D eigenvalue weighted by Crippen LogP contribution is 2.35. The number of piperidine rings is 2. The monoisotopic (exact) mass is 809 g/mol. The summed E-state index contributed by atoms with van der Waals surface area (Å²) in [5, 5.41) is 15.5. The van der Waals surface area contributed by atoms with Crippen LogP contribution in [0.2, 0.25) is 0 Å². The van der Waals surface area contributed by atoms with E-state index >= 15 is 0 Å². The Bertz CT molecular complexity index is 1920. The third-order valence-corrected chi connectivity index (χ3v) is 9.89. The van der Waals surface area contributed by atoms with Gasteiger partial charge >= 0.3 is 34.7 Å². The fourth-order valence-corrected chi connectivity index (χ4v) is 6.99. The van der Waals surface area contributed by atoms with Gasteiger partial charge < -0.3 is 14.9 Å². The van der Waals surface area contributed by atoms with Crippen molar-refractivity contribution in [2.45, 2.75) is 124 Å². The fraction of sp³-hybridized carbons (Fsp3) is 0.600. The number of carboxylic acids is 2. The van der Waals surface area contributed by atoms with Gasteiger partial charge in [0.05, 0.1) is 12.7 Å². The van der Waals surface area contributed by atoms with Gasteiger partial charge in [-0.1, -0.05) is 40.5 Å². The molecule has 2 saturated heterocycles. The van der Waals surface area contributed by atoms with Crippen molar-refractivity contribution >= 4 is 27.9 Å². The predicted molar refractivity (Wildman–Crippen MR) is 197 cm³/mol. The number of hydrogen-bond acceptors (Lipinski definition) is 10. The van der Waals surface area contributed by atoms with Crippen LogP contribution in [0.25, 0.3) is 0 Å². The summed E-state index contributed by atoms with van der Waals surface area (Å²) in [5.74, 6) is -2.92. The zero-order valence-electron chi connectivity index (χ0n) is 30.6. The van der Waals surface area contributed by atoms with Crippen LogP contribution in [0.5, 0.6) is 0 Å². The Morgan fingerprint density at radius 1 is 0.811 bits per heavy atom. The first-order valence-electron chi connectivity index (χ1n) is 17.7. The lowest BCUT2D eigenvalue weighted by atomic mass is 9.82. The molecule has 0 aliphatic carbocycles. The zero-order chi connectivity index (χ0) is 39.2. The summed E-state index contributed by atoms with van der Waals surface area (Å²) in [5.41, 5.74) is -0.850. The molecule has 16 nitrogen and oxygen atoms in total. The van der Waals surface area contributed by atoms with E-state index in [1.54, 1.807) is 26.0 Å². The van der Waals surface area contributed by atoms with E-state index in [9.17, 15) is 23.6 Å². The third-order valence-electron chi connectivity index (χ3n) is 9.33. The van der Waals surface area contributed by atoms with Gasteiger partial charge in [-0.3, -0.25) is 14.0 Å². The standard InChI is InChI=1S/C24H33FN4O3.C9H14BrN3O2.C2H2O4/c1-3-27-17(2)26-23(30)29(24(27)31)13-7-12-28-19-9-6-10-20(28)15-21(14-19)32-16-18-8-4-5-11-22(18)25;1-3-12-7(2)11-8(14)13(9(12)15)6-4-5-10;3-1(4)2(5)6/h4-5,8,11,19-21H,3,6-7,9-10,12-16H2,1-2H3;3-6H2,1-2H3;(H,3,4)(H,5,6). The van der Waals surface area contributed by atoms with Gasteiger partial charge in [0, 0.05) is 55.7 Å². The van der Waals surface area contributed by atoms with E-state index < -0.39 is 23.3 Å². The number of hydrogen-bond donors (Lipinski definition) is 2. The number of carbonyl (C=O) groups is 2. The van der Waals surface area contributed by atoms with Gasteiger partial charge in [-0.05, 0) is 72.3 Å². The third kappa shape index (κ3) is 11.9. The molecular weight excluding hydrogens is 761 g/mol. The van der Waals surface area contributed by atoms with Gasteiger partial charge in [0.1, 0.15) is 17.5 Å². The number of aromatic nitrogens is 6. The normalized spacial score (nSPS) is 18.0. The van der Waals surface area contributed by atoms with Gasteiger partial charge in [0.2, 0.25) is 0 Å². The highest BCUT2D eigenvalue weighted by molar-refractivity contribution is 9.09. The molecule has 2 aliphatic rings. The topological polar surface area (TPSA) is 201 Å². The zero-order valence-corrected chi connectivity index (χ0v) is 32.2. The van der Waals surface area contributed by atoms with Crippen molar-refractivity contribution in [3.63, 3.8) is 0 Å². The van der Waals surface area contributed by atoms with Crippen molar-refractivity contribution in [1.82, 2.24) is 33.1 Å². The molecule has 2 aromatic heterocycles. The molecule has 0 spiro atoms. The maximum absolute atomic E-state index is 13.9. The summed E-state index contributed by atoms with van der Waals surface area (Å²) in [6.45, 7) is 10.1. The van der Waals surface area contributed by atoms with Crippen molar-refractivity contribution in [3.8, 4) is 0 Å². The Morgan fingerprint density at radius 3 is 1.75 bits per heavy atom. The molecule has 5 rings (SSSR count). The van der Waals surface area contributed by atoms with E-state index in [-0.39, 0.29) is 23.3 Å². The quantitative estimate of drug-likeness (QED) is 0.201. The van der Waals surface area contributed by atoms with E-state index in [1.807, 2.05) is 19.9 Å². The molecule has 0 saturated carbocycles. The van der Waals surface area contributed by atoms with Crippen LogP contribution in [0.4, 0.5) is 4.39 Å². The first kappa shape index (κ1) is 43.1. The van der Waals surface area contributed by atoms with E-state index in [2.05, 4.69) is 30.8 Å². The smallest absolute Gasteiger partial charge is 0.414 e. The second-order valence-electron chi connectivity index (χ2n) is 12.7. The average molecular weight is 811 g/mol. The maximum Gasteiger partial charge on any atom is 0.414 e. The van der Waals surface area contributed by atoms with Crippen molar-refractivity contribution < 1.29 is 28.9 Å². The van der Waals surface area contributed by atoms with Crippen LogP contribution in [0, 0.1) is 19.7 Å². The van der Waals surface area contributed by atoms with Crippen molar-refractivity contribution in [2.75, 3.05) is 11.9 Å². The minimum absolute atomic E-state index is 0.141. The summed E-state index contributed by atoms with van der Waals surface area (Å²) in [6, 6.07) is 7.66. The van der Waals surface area contributed by atoms with Gasteiger partial charge in [-0.2, -0.15) is 9.97 Å². The predicted octanol–water partition coefficient (Wildman–Crippen LogP) is 2.54. The first-order chi connectivity index (χ1) is 25.2. The second-order valence-corrected chi connectivity index (χ2v) is 13.5. The molecule has 292 valence electrons. The van der Waals surface area contributed by atoms with Crippen LogP contribution in [0.1, 0.15) is 76.0 Å². The summed E-state index contributed by atoms with van der Waals surface area (Å²) >= 11 is 3.26. The minimum atomic E-state index is -1.82. The summed E-state index contributed by atoms with van der Waals surface area (Å²) in [6.07, 6.45) is 6.98. The molecule has 2 unspecified atom stereocenters. The largest absolute Gasteiger partial charge is 0.473 e. The Balaban J connectivity index is 0.000000298. The second kappa shape index (κ2) is 20.8. The molecule has 2 atom stereocenters. The van der Waals surface area contributed by atoms with Crippen molar-refractivity contribution in [1.29, 1.82) is 0 Å². The molecule has 2 fully saturated rings. The average Bonchev–Trinajstić information content (AvgIpc) is 3.10. The number of aryl methyl sites for hydroxylation is 2. The molecule has 18 heteroatoms. The first-order valence-corrected chi connectivity index (χ1v) is 18.8. The van der Waals surface area contributed by atoms with E-state index in [4.69, 9.17) is 24.5 Å². The van der Waals surface area contributed by atoms with Gasteiger partial charge in [0.15, 0.2) is 0 Å². The minimum Gasteiger partial charge on any atom is -0.473 e. The number of carboxylic acid groups (broad SMARTS) is 2. The maximum atomic E-state index is 13.9. The summed E-state index contributed by atoms with van der Waals surface area (Å²) in [7, 11) is 0. The molecule has 53 heavy (non-hydrogen) atoms. The molecular formula is C35H49BrFN7O9. The van der Waals surface area contributed by atoms with Gasteiger partial charge in [0.25, 0.3) is 0 Å². The van der Waals surface area contributed by atoms with Crippen molar-refractivity contribution in [2.24, 2.45) is 0 Å². The number of benzene rings is 1. The Labute approximate surface area is 314 Å². The van der Waals surface area contributed by atoms with E-state index in [0.29, 0.717) is 62.1 Å². The number of ether oxygens (including phenoxy) is 1. The van der Waals surface area contributed by atoms with Crippen LogP contribution in [-0.2, 0) is 47.1 Å². The number of fused-ring (bicyclic) bond motifs is 2. The summed E-state index contributed by atoms with van der Waals surface area (Å²) < 4.78 is 25.5. The molecule has 2 bridgehead atoms. The highest BCUT2D eigenvalue weighted by Gasteiger charge is 2.38. The number of halogens is 2. The molecule has 2 N–H and O–H groups in total. The van der Waals surface area contributed by atoms with Gasteiger partial charge in [-0.25, -0.2) is 42.3 Å². The van der Waals surface area contributed by atoms with Gasteiger partial charge in [-0.15, -0.1) is 0 Å². The fourth-order valence-electron chi connectivity index (χ4n) is 6.74. The van der Waals surface area contributed by atoms with Crippen LogP contribution >= 0.6 is 15.9 Å².